The smallest absolute Gasteiger partial charge is 0.257 e. The number of amides is 2. The summed E-state index contributed by atoms with van der Waals surface area (Å²) >= 11 is 0. The van der Waals surface area contributed by atoms with Crippen molar-refractivity contribution in [3.05, 3.63) is 59.5 Å². The molecule has 0 aliphatic carbocycles. The molecule has 9 heteroatoms. The van der Waals surface area contributed by atoms with E-state index in [0.29, 0.717) is 35.6 Å². The van der Waals surface area contributed by atoms with E-state index < -0.39 is 0 Å². The van der Waals surface area contributed by atoms with E-state index in [1.807, 2.05) is 24.3 Å². The van der Waals surface area contributed by atoms with Gasteiger partial charge in [0.1, 0.15) is 5.56 Å². The summed E-state index contributed by atoms with van der Waals surface area (Å²) in [6.45, 7) is 6.02. The molecule has 0 unspecified atom stereocenters. The summed E-state index contributed by atoms with van der Waals surface area (Å²) in [5.41, 5.74) is 3.22. The number of ether oxygens (including phenoxy) is 1. The standard InChI is InChI=1S/C22H26N6O3/c1-16-20(21-23-7-3-8-28(21)26-16)22(30)24-15-17-4-2-5-18(14-17)25-19(29)6-9-27-10-12-31-13-11-27/h2-5,7-8,14H,6,9-13,15H2,1H3,(H,24,30)(H,25,29). The van der Waals surface area contributed by atoms with Gasteiger partial charge in [-0.2, -0.15) is 5.10 Å². The van der Waals surface area contributed by atoms with Crippen LogP contribution < -0.4 is 10.6 Å². The molecule has 31 heavy (non-hydrogen) atoms. The average Bonchev–Trinajstić information content (AvgIpc) is 3.13. The van der Waals surface area contributed by atoms with Gasteiger partial charge in [0.25, 0.3) is 5.91 Å². The first-order valence-corrected chi connectivity index (χ1v) is 10.4. The highest BCUT2D eigenvalue weighted by Crippen LogP contribution is 2.14. The monoisotopic (exact) mass is 422 g/mol. The van der Waals surface area contributed by atoms with Gasteiger partial charge < -0.3 is 15.4 Å². The normalized spacial score (nSPS) is 14.5. The number of hydrogen-bond acceptors (Lipinski definition) is 6. The van der Waals surface area contributed by atoms with Crippen molar-refractivity contribution in [3.63, 3.8) is 0 Å². The van der Waals surface area contributed by atoms with Crippen LogP contribution in [-0.4, -0.2) is 64.2 Å². The lowest BCUT2D eigenvalue weighted by atomic mass is 10.1. The van der Waals surface area contributed by atoms with Gasteiger partial charge in [-0.25, -0.2) is 9.50 Å². The Morgan fingerprint density at radius 2 is 2.03 bits per heavy atom. The molecule has 1 saturated heterocycles. The molecule has 0 spiro atoms. The number of aryl methyl sites for hydroxylation is 1. The van der Waals surface area contributed by atoms with E-state index in [2.05, 4.69) is 25.6 Å². The van der Waals surface area contributed by atoms with Crippen LogP contribution in [0.3, 0.4) is 0 Å². The zero-order valence-corrected chi connectivity index (χ0v) is 17.5. The molecule has 0 radical (unpaired) electrons. The molecular weight excluding hydrogens is 396 g/mol. The number of carbonyl (C=O) groups excluding carboxylic acids is 2. The summed E-state index contributed by atoms with van der Waals surface area (Å²) < 4.78 is 6.92. The predicted octanol–water partition coefficient (Wildman–Crippen LogP) is 1.63. The SMILES string of the molecule is Cc1nn2cccnc2c1C(=O)NCc1cccc(NC(=O)CCN2CCOCC2)c1. The van der Waals surface area contributed by atoms with Crippen LogP contribution in [0.5, 0.6) is 0 Å². The lowest BCUT2D eigenvalue weighted by Gasteiger charge is -2.26. The quantitative estimate of drug-likeness (QED) is 0.600. The van der Waals surface area contributed by atoms with Gasteiger partial charge in [-0.3, -0.25) is 14.5 Å². The van der Waals surface area contributed by atoms with E-state index in [1.165, 1.54) is 0 Å². The topological polar surface area (TPSA) is 101 Å². The third-order valence-corrected chi connectivity index (χ3v) is 5.22. The number of anilines is 1. The molecule has 0 bridgehead atoms. The first kappa shape index (κ1) is 21.0. The Morgan fingerprint density at radius 3 is 2.87 bits per heavy atom. The number of rotatable bonds is 7. The maximum atomic E-state index is 12.7. The van der Waals surface area contributed by atoms with Gasteiger partial charge in [0.05, 0.1) is 18.9 Å². The predicted molar refractivity (Wildman–Crippen MR) is 116 cm³/mol. The van der Waals surface area contributed by atoms with Crippen LogP contribution in [0.25, 0.3) is 5.65 Å². The summed E-state index contributed by atoms with van der Waals surface area (Å²) in [6, 6.07) is 9.25. The molecule has 1 aliphatic heterocycles. The molecule has 3 heterocycles. The fourth-order valence-corrected chi connectivity index (χ4v) is 3.60. The number of fused-ring (bicyclic) bond motifs is 1. The Bertz CT molecular complexity index is 1070. The number of hydrogen-bond donors (Lipinski definition) is 2. The molecule has 4 rings (SSSR count). The van der Waals surface area contributed by atoms with Crippen LogP contribution in [0.15, 0.2) is 42.7 Å². The Labute approximate surface area is 180 Å². The molecule has 1 aliphatic rings. The molecule has 9 nitrogen and oxygen atoms in total. The Balaban J connectivity index is 1.32. The number of aromatic nitrogens is 3. The number of carbonyl (C=O) groups is 2. The fourth-order valence-electron chi connectivity index (χ4n) is 3.60. The van der Waals surface area contributed by atoms with Crippen LogP contribution in [0, 0.1) is 6.92 Å². The van der Waals surface area contributed by atoms with Gasteiger partial charge in [0.15, 0.2) is 5.65 Å². The van der Waals surface area contributed by atoms with Crippen LogP contribution in [-0.2, 0) is 16.1 Å². The number of morpholine rings is 1. The molecule has 162 valence electrons. The van der Waals surface area contributed by atoms with Gasteiger partial charge in [0.2, 0.25) is 5.91 Å². The second-order valence-corrected chi connectivity index (χ2v) is 7.48. The highest BCUT2D eigenvalue weighted by molar-refractivity contribution is 6.01. The molecule has 2 amide bonds. The minimum atomic E-state index is -0.230. The van der Waals surface area contributed by atoms with E-state index in [1.54, 1.807) is 29.9 Å². The molecule has 1 fully saturated rings. The van der Waals surface area contributed by atoms with Gasteiger partial charge in [0, 0.05) is 50.7 Å². The molecule has 1 aromatic carbocycles. The first-order valence-electron chi connectivity index (χ1n) is 10.4. The Kier molecular flexibility index (Phi) is 6.54. The maximum absolute atomic E-state index is 12.7. The molecular formula is C22H26N6O3. The summed E-state index contributed by atoms with van der Waals surface area (Å²) in [7, 11) is 0. The highest BCUT2D eigenvalue weighted by atomic mass is 16.5. The maximum Gasteiger partial charge on any atom is 0.257 e. The lowest BCUT2D eigenvalue weighted by Crippen LogP contribution is -2.38. The average molecular weight is 422 g/mol. The second-order valence-electron chi connectivity index (χ2n) is 7.48. The third-order valence-electron chi connectivity index (χ3n) is 5.22. The van der Waals surface area contributed by atoms with Crippen molar-refractivity contribution < 1.29 is 14.3 Å². The van der Waals surface area contributed by atoms with E-state index in [4.69, 9.17) is 4.74 Å². The van der Waals surface area contributed by atoms with Crippen LogP contribution >= 0.6 is 0 Å². The zero-order valence-electron chi connectivity index (χ0n) is 17.5. The Morgan fingerprint density at radius 1 is 1.19 bits per heavy atom. The largest absolute Gasteiger partial charge is 0.379 e. The summed E-state index contributed by atoms with van der Waals surface area (Å²) in [5.74, 6) is -0.258. The molecule has 0 atom stereocenters. The Hall–Kier alpha value is -3.30. The minimum Gasteiger partial charge on any atom is -0.379 e. The second kappa shape index (κ2) is 9.67. The van der Waals surface area contributed by atoms with Gasteiger partial charge in [-0.15, -0.1) is 0 Å². The summed E-state index contributed by atoms with van der Waals surface area (Å²) in [6.07, 6.45) is 3.83. The van der Waals surface area contributed by atoms with Crippen molar-refractivity contribution >= 4 is 23.1 Å². The van der Waals surface area contributed by atoms with Crippen molar-refractivity contribution in [2.45, 2.75) is 19.9 Å². The molecule has 2 N–H and O–H groups in total. The first-order chi connectivity index (χ1) is 15.1. The van der Waals surface area contributed by atoms with Crippen LogP contribution in [0.2, 0.25) is 0 Å². The van der Waals surface area contributed by atoms with Crippen molar-refractivity contribution in [1.29, 1.82) is 0 Å². The van der Waals surface area contributed by atoms with Gasteiger partial charge in [-0.05, 0) is 30.7 Å². The summed E-state index contributed by atoms with van der Waals surface area (Å²) in [4.78, 5) is 31.5. The molecule has 0 saturated carbocycles. The molecule has 3 aromatic rings. The fraction of sp³-hybridized carbons (Fsp3) is 0.364. The van der Waals surface area contributed by atoms with Crippen molar-refractivity contribution in [2.75, 3.05) is 38.2 Å². The van der Waals surface area contributed by atoms with E-state index in [0.717, 1.165) is 38.4 Å². The number of benzene rings is 1. The highest BCUT2D eigenvalue weighted by Gasteiger charge is 2.18. The van der Waals surface area contributed by atoms with Crippen molar-refractivity contribution in [1.82, 2.24) is 24.8 Å². The van der Waals surface area contributed by atoms with Gasteiger partial charge >= 0.3 is 0 Å². The van der Waals surface area contributed by atoms with E-state index in [9.17, 15) is 9.59 Å². The van der Waals surface area contributed by atoms with E-state index >= 15 is 0 Å². The number of nitrogens with one attached hydrogen (secondary N) is 2. The van der Waals surface area contributed by atoms with E-state index in [-0.39, 0.29) is 11.8 Å². The van der Waals surface area contributed by atoms with Crippen molar-refractivity contribution in [2.24, 2.45) is 0 Å². The summed E-state index contributed by atoms with van der Waals surface area (Å²) in [5, 5.41) is 10.2. The number of nitrogens with zero attached hydrogens (tertiary/aromatic N) is 4. The third kappa shape index (κ3) is 5.25. The zero-order chi connectivity index (χ0) is 21.6. The van der Waals surface area contributed by atoms with Gasteiger partial charge in [-0.1, -0.05) is 12.1 Å². The minimum absolute atomic E-state index is 0.0271. The van der Waals surface area contributed by atoms with Crippen molar-refractivity contribution in [3.8, 4) is 0 Å². The molecule has 2 aromatic heterocycles. The van der Waals surface area contributed by atoms with Crippen LogP contribution in [0.4, 0.5) is 5.69 Å². The lowest BCUT2D eigenvalue weighted by molar-refractivity contribution is -0.116. The van der Waals surface area contributed by atoms with Crippen LogP contribution in [0.1, 0.15) is 28.0 Å².